The van der Waals surface area contributed by atoms with E-state index in [0.717, 1.165) is 16.9 Å². The van der Waals surface area contributed by atoms with Crippen LogP contribution in [0.2, 0.25) is 0 Å². The summed E-state index contributed by atoms with van der Waals surface area (Å²) in [6, 6.07) is 14.1. The first-order chi connectivity index (χ1) is 12.4. The maximum atomic E-state index is 12.0. The van der Waals surface area contributed by atoms with Crippen LogP contribution in [0.1, 0.15) is 6.92 Å². The van der Waals surface area contributed by atoms with E-state index in [0.29, 0.717) is 11.3 Å². The molecule has 7 heteroatoms. The van der Waals surface area contributed by atoms with Crippen LogP contribution in [-0.4, -0.2) is 25.3 Å². The molecule has 0 radical (unpaired) electrons. The van der Waals surface area contributed by atoms with Gasteiger partial charge in [0.2, 0.25) is 10.0 Å². The van der Waals surface area contributed by atoms with Gasteiger partial charge in [0.05, 0.1) is 12.0 Å². The van der Waals surface area contributed by atoms with Gasteiger partial charge in [0, 0.05) is 23.5 Å². The van der Waals surface area contributed by atoms with Crippen LogP contribution in [0, 0.1) is 0 Å². The van der Waals surface area contributed by atoms with E-state index in [2.05, 4.69) is 5.10 Å². The molecule has 1 heterocycles. The van der Waals surface area contributed by atoms with Crippen LogP contribution < -0.4 is 9.88 Å². The second-order valence-corrected chi connectivity index (χ2v) is 7.15. The van der Waals surface area contributed by atoms with E-state index in [1.54, 1.807) is 36.2 Å². The Hall–Kier alpha value is -2.90. The minimum absolute atomic E-state index is 0.0421. The van der Waals surface area contributed by atoms with E-state index >= 15 is 0 Å². The highest BCUT2D eigenvalue weighted by atomic mass is 32.2. The number of sulfonamides is 1. The van der Waals surface area contributed by atoms with Gasteiger partial charge in [-0.3, -0.25) is 0 Å². The molecule has 0 spiro atoms. The predicted octanol–water partition coefficient (Wildman–Crippen LogP) is 3.36. The largest absolute Gasteiger partial charge is 0.497 e. The first-order valence-corrected chi connectivity index (χ1v) is 9.47. The zero-order chi connectivity index (χ0) is 18.7. The summed E-state index contributed by atoms with van der Waals surface area (Å²) in [5.74, 6) is 0.737. The Morgan fingerprint density at radius 3 is 2.38 bits per heavy atom. The van der Waals surface area contributed by atoms with E-state index in [1.807, 2.05) is 43.5 Å². The Kier molecular flexibility index (Phi) is 4.92. The SMILES string of the molecule is CC=Cn1cc(-c2ccc(OC)cc2)c(-c2ccccc2S(N)(=O)=O)n1. The molecule has 0 saturated carbocycles. The van der Waals surface area contributed by atoms with Crippen molar-refractivity contribution in [1.82, 2.24) is 9.78 Å². The normalized spacial score (nSPS) is 11.8. The molecule has 0 aliphatic heterocycles. The van der Waals surface area contributed by atoms with Crippen LogP contribution >= 0.6 is 0 Å². The van der Waals surface area contributed by atoms with Crippen molar-refractivity contribution in [3.8, 4) is 28.1 Å². The second-order valence-electron chi connectivity index (χ2n) is 5.62. The number of nitrogens with two attached hydrogens (primary N) is 1. The number of aromatic nitrogens is 2. The van der Waals surface area contributed by atoms with Gasteiger partial charge in [0.25, 0.3) is 0 Å². The minimum atomic E-state index is -3.88. The molecule has 0 amide bonds. The third-order valence-electron chi connectivity index (χ3n) is 3.88. The van der Waals surface area contributed by atoms with Crippen molar-refractivity contribution in [2.75, 3.05) is 7.11 Å². The molecular formula is C19H19N3O3S. The summed E-state index contributed by atoms with van der Waals surface area (Å²) in [6.45, 7) is 1.88. The maximum Gasteiger partial charge on any atom is 0.238 e. The van der Waals surface area contributed by atoms with Crippen molar-refractivity contribution in [1.29, 1.82) is 0 Å². The van der Waals surface area contributed by atoms with Crippen molar-refractivity contribution in [2.45, 2.75) is 11.8 Å². The number of hydrogen-bond acceptors (Lipinski definition) is 4. The van der Waals surface area contributed by atoms with Crippen molar-refractivity contribution < 1.29 is 13.2 Å². The summed E-state index contributed by atoms with van der Waals surface area (Å²) in [5, 5.41) is 9.94. The van der Waals surface area contributed by atoms with Crippen LogP contribution in [-0.2, 0) is 10.0 Å². The molecule has 0 unspecified atom stereocenters. The zero-order valence-electron chi connectivity index (χ0n) is 14.5. The van der Waals surface area contributed by atoms with Gasteiger partial charge in [-0.05, 0) is 30.7 Å². The molecule has 0 saturated heterocycles. The molecule has 3 aromatic rings. The van der Waals surface area contributed by atoms with E-state index in [9.17, 15) is 8.42 Å². The Bertz CT molecular complexity index is 1050. The fourth-order valence-electron chi connectivity index (χ4n) is 2.71. The average molecular weight is 369 g/mol. The molecule has 26 heavy (non-hydrogen) atoms. The molecule has 2 N–H and O–H groups in total. The highest BCUT2D eigenvalue weighted by molar-refractivity contribution is 7.89. The van der Waals surface area contributed by atoms with Crippen LogP contribution in [0.25, 0.3) is 28.6 Å². The molecule has 134 valence electrons. The smallest absolute Gasteiger partial charge is 0.238 e. The Balaban J connectivity index is 2.25. The lowest BCUT2D eigenvalue weighted by Gasteiger charge is -2.08. The Morgan fingerprint density at radius 1 is 1.08 bits per heavy atom. The lowest BCUT2D eigenvalue weighted by atomic mass is 10.0. The first-order valence-electron chi connectivity index (χ1n) is 7.92. The summed E-state index contributed by atoms with van der Waals surface area (Å²) in [5.41, 5.74) is 2.68. The van der Waals surface area contributed by atoms with Gasteiger partial charge >= 0.3 is 0 Å². The summed E-state index contributed by atoms with van der Waals surface area (Å²) >= 11 is 0. The van der Waals surface area contributed by atoms with E-state index in [-0.39, 0.29) is 4.90 Å². The highest BCUT2D eigenvalue weighted by Gasteiger charge is 2.20. The molecular weight excluding hydrogens is 350 g/mol. The maximum absolute atomic E-state index is 12.0. The van der Waals surface area contributed by atoms with Gasteiger partial charge in [-0.25, -0.2) is 18.2 Å². The first kappa shape index (κ1) is 17.9. The van der Waals surface area contributed by atoms with Gasteiger partial charge in [-0.15, -0.1) is 0 Å². The lowest BCUT2D eigenvalue weighted by Crippen LogP contribution is -2.13. The molecule has 3 rings (SSSR count). The average Bonchev–Trinajstić information content (AvgIpc) is 3.05. The molecule has 0 atom stereocenters. The molecule has 0 bridgehead atoms. The van der Waals surface area contributed by atoms with Gasteiger partial charge in [-0.1, -0.05) is 36.4 Å². The van der Waals surface area contributed by atoms with Gasteiger partial charge in [0.1, 0.15) is 11.4 Å². The standard InChI is InChI=1S/C19H19N3O3S/c1-3-12-22-13-17(14-8-10-15(25-2)11-9-14)19(21-22)16-6-4-5-7-18(16)26(20,23)24/h3-13H,1-2H3,(H2,20,23,24). The van der Waals surface area contributed by atoms with Crippen molar-refractivity contribution in [3.05, 3.63) is 60.8 Å². The van der Waals surface area contributed by atoms with E-state index < -0.39 is 10.0 Å². The monoisotopic (exact) mass is 369 g/mol. The minimum Gasteiger partial charge on any atom is -0.497 e. The fourth-order valence-corrected chi connectivity index (χ4v) is 3.45. The summed E-state index contributed by atoms with van der Waals surface area (Å²) < 4.78 is 30.9. The number of ether oxygens (including phenoxy) is 1. The number of rotatable bonds is 5. The number of nitrogens with zero attached hydrogens (tertiary/aromatic N) is 2. The molecule has 2 aromatic carbocycles. The number of methoxy groups -OCH3 is 1. The molecule has 6 nitrogen and oxygen atoms in total. The highest BCUT2D eigenvalue weighted by Crippen LogP contribution is 2.35. The van der Waals surface area contributed by atoms with Gasteiger partial charge < -0.3 is 4.74 Å². The molecule has 0 aliphatic carbocycles. The quantitative estimate of drug-likeness (QED) is 0.747. The zero-order valence-corrected chi connectivity index (χ0v) is 15.3. The summed E-state index contributed by atoms with van der Waals surface area (Å²) in [7, 11) is -2.28. The predicted molar refractivity (Wildman–Crippen MR) is 102 cm³/mol. The van der Waals surface area contributed by atoms with Crippen molar-refractivity contribution >= 4 is 16.2 Å². The summed E-state index contributed by atoms with van der Waals surface area (Å²) in [4.78, 5) is 0.0421. The number of primary sulfonamides is 1. The fraction of sp³-hybridized carbons (Fsp3) is 0.105. The molecule has 0 fully saturated rings. The van der Waals surface area contributed by atoms with Crippen molar-refractivity contribution in [3.63, 3.8) is 0 Å². The summed E-state index contributed by atoms with van der Waals surface area (Å²) in [6.07, 6.45) is 5.48. The number of benzene rings is 2. The van der Waals surface area contributed by atoms with Crippen LogP contribution in [0.4, 0.5) is 0 Å². The van der Waals surface area contributed by atoms with E-state index in [4.69, 9.17) is 9.88 Å². The van der Waals surface area contributed by atoms with Crippen LogP contribution in [0.5, 0.6) is 5.75 Å². The third kappa shape index (κ3) is 3.54. The Labute approximate surface area is 152 Å². The topological polar surface area (TPSA) is 87.2 Å². The molecule has 1 aromatic heterocycles. The second kappa shape index (κ2) is 7.15. The number of allylic oxidation sites excluding steroid dienone is 1. The van der Waals surface area contributed by atoms with E-state index in [1.165, 1.54) is 6.07 Å². The Morgan fingerprint density at radius 2 is 1.77 bits per heavy atom. The van der Waals surface area contributed by atoms with Gasteiger partial charge in [-0.2, -0.15) is 5.10 Å². The lowest BCUT2D eigenvalue weighted by molar-refractivity contribution is 0.415. The van der Waals surface area contributed by atoms with Crippen LogP contribution in [0.3, 0.4) is 0 Å². The third-order valence-corrected chi connectivity index (χ3v) is 4.85. The van der Waals surface area contributed by atoms with Gasteiger partial charge in [0.15, 0.2) is 0 Å². The number of hydrogen-bond donors (Lipinski definition) is 1. The molecule has 0 aliphatic rings. The van der Waals surface area contributed by atoms with Crippen LogP contribution in [0.15, 0.2) is 65.7 Å². The van der Waals surface area contributed by atoms with Crippen molar-refractivity contribution in [2.24, 2.45) is 5.14 Å².